The molecule has 13 heavy (non-hydrogen) atoms. The van der Waals surface area contributed by atoms with E-state index in [0.717, 1.165) is 6.42 Å². The van der Waals surface area contributed by atoms with Crippen molar-refractivity contribution in [3.05, 3.63) is 0 Å². The molecule has 1 heterocycles. The van der Waals surface area contributed by atoms with E-state index in [0.29, 0.717) is 6.42 Å². The number of aliphatic hydroxyl groups is 1. The van der Waals surface area contributed by atoms with Gasteiger partial charge in [-0.1, -0.05) is 6.92 Å². The molecule has 2 bridgehead atoms. The van der Waals surface area contributed by atoms with Gasteiger partial charge in [-0.15, -0.1) is 0 Å². The van der Waals surface area contributed by atoms with Crippen LogP contribution >= 0.6 is 0 Å². The number of fused-ring (bicyclic) bond motifs is 2. The number of hydrogen-bond donors (Lipinski definition) is 1. The molecule has 0 aromatic heterocycles. The van der Waals surface area contributed by atoms with E-state index in [1.54, 1.807) is 6.92 Å². The van der Waals surface area contributed by atoms with E-state index in [1.165, 1.54) is 0 Å². The fraction of sp³-hybridized carbons (Fsp3) is 0.900. The van der Waals surface area contributed by atoms with E-state index < -0.39 is 11.2 Å². The Morgan fingerprint density at radius 3 is 2.77 bits per heavy atom. The van der Waals surface area contributed by atoms with Crippen LogP contribution in [0.4, 0.5) is 0 Å². The summed E-state index contributed by atoms with van der Waals surface area (Å²) in [5.41, 5.74) is -1.54. The Bertz CT molecular complexity index is 259. The Balaban J connectivity index is 2.39. The maximum Gasteiger partial charge on any atom is 0.309 e. The molecule has 1 N–H and O–H groups in total. The SMILES string of the molecule is CC1CC2CC(C)(OC2=O)C1(C)O. The highest BCUT2D eigenvalue weighted by atomic mass is 16.6. The Morgan fingerprint density at radius 2 is 2.15 bits per heavy atom. The molecular weight excluding hydrogens is 168 g/mol. The maximum atomic E-state index is 11.4. The second-order valence-electron chi connectivity index (χ2n) is 4.84. The van der Waals surface area contributed by atoms with Gasteiger partial charge in [0.1, 0.15) is 11.2 Å². The van der Waals surface area contributed by atoms with Crippen LogP contribution in [-0.4, -0.2) is 22.3 Å². The first kappa shape index (κ1) is 9.00. The lowest BCUT2D eigenvalue weighted by atomic mass is 9.66. The summed E-state index contributed by atoms with van der Waals surface area (Å²) in [5.74, 6) is 0.00931. The molecule has 74 valence electrons. The molecule has 3 heteroatoms. The predicted octanol–water partition coefficient (Wildman–Crippen LogP) is 1.10. The molecule has 1 saturated carbocycles. The van der Waals surface area contributed by atoms with Crippen LogP contribution in [0.5, 0.6) is 0 Å². The van der Waals surface area contributed by atoms with Crippen molar-refractivity contribution in [1.29, 1.82) is 0 Å². The summed E-state index contributed by atoms with van der Waals surface area (Å²) in [6, 6.07) is 0. The van der Waals surface area contributed by atoms with Crippen molar-refractivity contribution in [3.8, 4) is 0 Å². The minimum Gasteiger partial charge on any atom is -0.456 e. The van der Waals surface area contributed by atoms with E-state index in [1.807, 2.05) is 13.8 Å². The second kappa shape index (κ2) is 2.27. The molecule has 2 aliphatic rings. The van der Waals surface area contributed by atoms with Crippen LogP contribution in [0.2, 0.25) is 0 Å². The van der Waals surface area contributed by atoms with E-state index >= 15 is 0 Å². The quantitative estimate of drug-likeness (QED) is 0.573. The Hall–Kier alpha value is -0.570. The molecule has 4 unspecified atom stereocenters. The number of carbonyl (C=O) groups is 1. The Morgan fingerprint density at radius 1 is 1.54 bits per heavy atom. The van der Waals surface area contributed by atoms with Crippen molar-refractivity contribution in [2.24, 2.45) is 11.8 Å². The second-order valence-corrected chi connectivity index (χ2v) is 4.84. The number of carbonyl (C=O) groups excluding carboxylic acids is 1. The van der Waals surface area contributed by atoms with Gasteiger partial charge in [0.2, 0.25) is 0 Å². The summed E-state index contributed by atoms with van der Waals surface area (Å²) in [4.78, 5) is 11.4. The average Bonchev–Trinajstić information content (AvgIpc) is 2.24. The number of hydrogen-bond acceptors (Lipinski definition) is 3. The first-order valence-corrected chi connectivity index (χ1v) is 4.82. The third kappa shape index (κ3) is 0.966. The Kier molecular flexibility index (Phi) is 1.57. The van der Waals surface area contributed by atoms with Crippen LogP contribution in [0, 0.1) is 11.8 Å². The van der Waals surface area contributed by atoms with Gasteiger partial charge in [0.05, 0.1) is 5.92 Å². The van der Waals surface area contributed by atoms with Gasteiger partial charge in [-0.25, -0.2) is 0 Å². The summed E-state index contributed by atoms with van der Waals surface area (Å²) in [6.45, 7) is 5.58. The van der Waals surface area contributed by atoms with E-state index in [-0.39, 0.29) is 17.8 Å². The van der Waals surface area contributed by atoms with Gasteiger partial charge in [0, 0.05) is 6.42 Å². The van der Waals surface area contributed by atoms with Gasteiger partial charge >= 0.3 is 5.97 Å². The zero-order valence-electron chi connectivity index (χ0n) is 8.33. The summed E-state index contributed by atoms with van der Waals surface area (Å²) in [5, 5.41) is 10.2. The number of esters is 1. The molecule has 3 nitrogen and oxygen atoms in total. The van der Waals surface area contributed by atoms with Crippen LogP contribution in [0.25, 0.3) is 0 Å². The van der Waals surface area contributed by atoms with E-state index in [9.17, 15) is 9.90 Å². The van der Waals surface area contributed by atoms with Crippen molar-refractivity contribution in [2.75, 3.05) is 0 Å². The highest BCUT2D eigenvalue weighted by molar-refractivity contribution is 5.76. The molecule has 1 aliphatic heterocycles. The van der Waals surface area contributed by atoms with Gasteiger partial charge in [0.15, 0.2) is 0 Å². The summed E-state index contributed by atoms with van der Waals surface area (Å²) >= 11 is 0. The normalized spacial score (nSPS) is 54.9. The molecule has 1 saturated heterocycles. The molecule has 4 atom stereocenters. The van der Waals surface area contributed by atoms with Crippen LogP contribution in [0.1, 0.15) is 33.6 Å². The monoisotopic (exact) mass is 184 g/mol. The zero-order valence-corrected chi connectivity index (χ0v) is 8.33. The lowest BCUT2D eigenvalue weighted by molar-refractivity contribution is -0.180. The molecule has 0 aromatic rings. The van der Waals surface area contributed by atoms with Crippen LogP contribution < -0.4 is 0 Å². The molecule has 0 aromatic carbocycles. The first-order valence-electron chi connectivity index (χ1n) is 4.82. The predicted molar refractivity (Wildman–Crippen MR) is 47.0 cm³/mol. The van der Waals surface area contributed by atoms with Gasteiger partial charge < -0.3 is 9.84 Å². The van der Waals surface area contributed by atoms with Crippen LogP contribution in [0.15, 0.2) is 0 Å². The first-order chi connectivity index (χ1) is 5.87. The van der Waals surface area contributed by atoms with E-state index in [4.69, 9.17) is 4.74 Å². The van der Waals surface area contributed by atoms with Crippen molar-refractivity contribution in [2.45, 2.75) is 44.8 Å². The molecule has 2 fully saturated rings. The minimum absolute atomic E-state index is 0.0141. The third-order valence-corrected chi connectivity index (χ3v) is 3.96. The van der Waals surface area contributed by atoms with Gasteiger partial charge in [-0.3, -0.25) is 4.79 Å². The molecule has 2 rings (SSSR count). The standard InChI is InChI=1S/C10H16O3/c1-6-4-7-5-9(2,10(6,3)12)13-8(7)11/h6-7,12H,4-5H2,1-3H3. The number of ether oxygens (including phenoxy) is 1. The fourth-order valence-corrected chi connectivity index (χ4v) is 2.57. The minimum atomic E-state index is -0.879. The van der Waals surface area contributed by atoms with Crippen LogP contribution in [0.3, 0.4) is 0 Å². The van der Waals surface area contributed by atoms with Crippen molar-refractivity contribution in [1.82, 2.24) is 0 Å². The molecule has 0 radical (unpaired) electrons. The topological polar surface area (TPSA) is 46.5 Å². The molecular formula is C10H16O3. The smallest absolute Gasteiger partial charge is 0.309 e. The van der Waals surface area contributed by atoms with Crippen LogP contribution in [-0.2, 0) is 9.53 Å². The Labute approximate surface area is 78.1 Å². The zero-order chi connectivity index (χ0) is 9.85. The van der Waals surface area contributed by atoms with Crippen molar-refractivity contribution in [3.63, 3.8) is 0 Å². The maximum absolute atomic E-state index is 11.4. The van der Waals surface area contributed by atoms with Gasteiger partial charge in [0.25, 0.3) is 0 Å². The highest BCUT2D eigenvalue weighted by Crippen LogP contribution is 2.50. The summed E-state index contributed by atoms with van der Waals surface area (Å²) in [6.07, 6.45) is 1.42. The summed E-state index contributed by atoms with van der Waals surface area (Å²) < 4.78 is 5.27. The summed E-state index contributed by atoms with van der Waals surface area (Å²) in [7, 11) is 0. The average molecular weight is 184 g/mol. The van der Waals surface area contributed by atoms with Crippen molar-refractivity contribution < 1.29 is 14.6 Å². The van der Waals surface area contributed by atoms with E-state index in [2.05, 4.69) is 0 Å². The largest absolute Gasteiger partial charge is 0.456 e. The molecule has 0 spiro atoms. The molecule has 1 aliphatic carbocycles. The third-order valence-electron chi connectivity index (χ3n) is 3.96. The van der Waals surface area contributed by atoms with Gasteiger partial charge in [-0.2, -0.15) is 0 Å². The highest BCUT2D eigenvalue weighted by Gasteiger charge is 2.60. The lowest BCUT2D eigenvalue weighted by Gasteiger charge is -2.45. The fourth-order valence-electron chi connectivity index (χ4n) is 2.57. The van der Waals surface area contributed by atoms with Crippen molar-refractivity contribution >= 4 is 5.97 Å². The van der Waals surface area contributed by atoms with Gasteiger partial charge in [-0.05, 0) is 26.2 Å². The molecule has 0 amide bonds. The lowest BCUT2D eigenvalue weighted by Crippen LogP contribution is -2.56. The number of rotatable bonds is 0.